The van der Waals surface area contributed by atoms with Gasteiger partial charge in [-0.3, -0.25) is 9.79 Å². The van der Waals surface area contributed by atoms with Gasteiger partial charge in [0.05, 0.1) is 16.8 Å². The van der Waals surface area contributed by atoms with Crippen LogP contribution in [0.25, 0.3) is 0 Å². The minimum absolute atomic E-state index is 0.0792. The summed E-state index contributed by atoms with van der Waals surface area (Å²) in [7, 11) is 1.76. The zero-order chi connectivity index (χ0) is 20.9. The molecule has 0 unspecified atom stereocenters. The molecule has 0 aliphatic carbocycles. The highest BCUT2D eigenvalue weighted by Crippen LogP contribution is 2.31. The van der Waals surface area contributed by atoms with E-state index in [1.807, 2.05) is 38.1 Å². The van der Waals surface area contributed by atoms with Crippen molar-refractivity contribution in [3.63, 3.8) is 0 Å². The van der Waals surface area contributed by atoms with Gasteiger partial charge in [0.25, 0.3) is 5.91 Å². The van der Waals surface area contributed by atoms with Crippen molar-refractivity contribution in [3.8, 4) is 0 Å². The molecule has 1 amide bonds. The molecule has 28 heavy (non-hydrogen) atoms. The number of carbonyl (C=O) groups excluding carboxylic acids is 1. The molecule has 1 aliphatic heterocycles. The average Bonchev–Trinajstić information content (AvgIpc) is 2.72. The van der Waals surface area contributed by atoms with Crippen LogP contribution in [0, 0.1) is 6.92 Å². The lowest BCUT2D eigenvalue weighted by atomic mass is 9.90. The fraction of sp³-hybridized carbons (Fsp3) is 0.333. The van der Waals surface area contributed by atoms with Crippen molar-refractivity contribution in [2.45, 2.75) is 46.6 Å². The predicted molar refractivity (Wildman–Crippen MR) is 120 cm³/mol. The van der Waals surface area contributed by atoms with Crippen molar-refractivity contribution in [2.75, 3.05) is 12.4 Å². The van der Waals surface area contributed by atoms with Crippen LogP contribution in [0.15, 0.2) is 70.4 Å². The lowest BCUT2D eigenvalue weighted by Crippen LogP contribution is -2.47. The highest BCUT2D eigenvalue weighted by molar-refractivity contribution is 6.01. The van der Waals surface area contributed by atoms with E-state index in [4.69, 9.17) is 0 Å². The molecule has 1 aromatic rings. The van der Waals surface area contributed by atoms with E-state index in [1.54, 1.807) is 13.3 Å². The molecule has 4 nitrogen and oxygen atoms in total. The van der Waals surface area contributed by atoms with E-state index in [0.717, 1.165) is 22.5 Å². The molecule has 1 aromatic carbocycles. The fourth-order valence-corrected chi connectivity index (χ4v) is 3.13. The maximum Gasteiger partial charge on any atom is 0.254 e. The first-order chi connectivity index (χ1) is 13.2. The predicted octanol–water partition coefficient (Wildman–Crippen LogP) is 5.35. The summed E-state index contributed by atoms with van der Waals surface area (Å²) in [5.41, 5.74) is 6.21. The number of rotatable bonds is 5. The van der Waals surface area contributed by atoms with Crippen LogP contribution < -0.4 is 10.6 Å². The molecular weight excluding hydrogens is 346 g/mol. The third kappa shape index (κ3) is 5.10. The highest BCUT2D eigenvalue weighted by atomic mass is 16.1. The molecule has 0 aromatic heterocycles. The number of nitrogens with one attached hydrogen (secondary N) is 2. The molecule has 0 saturated carbocycles. The van der Waals surface area contributed by atoms with Crippen LogP contribution in [-0.2, 0) is 0 Å². The number of hydrogen-bond donors (Lipinski definition) is 2. The number of hydrogen-bond acceptors (Lipinski definition) is 3. The number of aliphatic imine (C=N–C) groups is 1. The Balaban J connectivity index is 2.23. The Morgan fingerprint density at radius 2 is 1.86 bits per heavy atom. The van der Waals surface area contributed by atoms with E-state index in [0.29, 0.717) is 12.0 Å². The zero-order valence-electron chi connectivity index (χ0n) is 17.8. The first-order valence-corrected chi connectivity index (χ1v) is 9.49. The summed E-state index contributed by atoms with van der Waals surface area (Å²) in [6.07, 6.45) is 8.65. The summed E-state index contributed by atoms with van der Waals surface area (Å²) in [6, 6.07) is 5.83. The quantitative estimate of drug-likeness (QED) is 0.537. The zero-order valence-corrected chi connectivity index (χ0v) is 17.8. The second-order valence-electron chi connectivity index (χ2n) is 7.74. The standard InChI is InChI=1S/C24H31N3O/c1-16-9-11-22-21(14-16)23(28)27-24(6,20(5)26-22)15-17(2)8-10-18(3)19(4)12-13-25-7/h8-14,26H,5,15H2,1-4,6-7H3,(H,27,28)/b17-8+,18-10+,19-12+,25-13-/t24-/m0/s1. The number of aryl methyl sites for hydroxylation is 1. The van der Waals surface area contributed by atoms with Crippen molar-refractivity contribution in [3.05, 3.63) is 76.5 Å². The third-order valence-electron chi connectivity index (χ3n) is 5.11. The van der Waals surface area contributed by atoms with Crippen LogP contribution in [0.3, 0.4) is 0 Å². The first-order valence-electron chi connectivity index (χ1n) is 9.49. The molecule has 0 spiro atoms. The maximum absolute atomic E-state index is 12.8. The number of anilines is 1. The van der Waals surface area contributed by atoms with Crippen molar-refractivity contribution >= 4 is 17.8 Å². The van der Waals surface area contributed by atoms with Gasteiger partial charge in [0, 0.05) is 19.0 Å². The molecular formula is C24H31N3O. The lowest BCUT2D eigenvalue weighted by Gasteiger charge is -2.31. The molecule has 0 bridgehead atoms. The fourth-order valence-electron chi connectivity index (χ4n) is 3.13. The van der Waals surface area contributed by atoms with Gasteiger partial charge in [-0.1, -0.05) is 35.9 Å². The molecule has 4 heteroatoms. The van der Waals surface area contributed by atoms with Gasteiger partial charge in [-0.15, -0.1) is 0 Å². The Morgan fingerprint density at radius 1 is 1.18 bits per heavy atom. The van der Waals surface area contributed by atoms with Crippen molar-refractivity contribution in [1.29, 1.82) is 0 Å². The summed E-state index contributed by atoms with van der Waals surface area (Å²) in [4.78, 5) is 16.8. The monoisotopic (exact) mass is 377 g/mol. The van der Waals surface area contributed by atoms with Crippen LogP contribution in [0.5, 0.6) is 0 Å². The van der Waals surface area contributed by atoms with Gasteiger partial charge in [0.2, 0.25) is 0 Å². The minimum Gasteiger partial charge on any atom is -0.357 e. The van der Waals surface area contributed by atoms with Gasteiger partial charge in [0.15, 0.2) is 0 Å². The van der Waals surface area contributed by atoms with Gasteiger partial charge in [-0.05, 0) is 70.4 Å². The van der Waals surface area contributed by atoms with Gasteiger partial charge in [-0.25, -0.2) is 0 Å². The van der Waals surface area contributed by atoms with Crippen LogP contribution in [0.1, 0.15) is 50.0 Å². The number of nitrogens with zero attached hydrogens (tertiary/aromatic N) is 1. The summed E-state index contributed by atoms with van der Waals surface area (Å²) in [5.74, 6) is -0.0792. The largest absolute Gasteiger partial charge is 0.357 e. The Morgan fingerprint density at radius 3 is 2.54 bits per heavy atom. The second-order valence-corrected chi connectivity index (χ2v) is 7.74. The minimum atomic E-state index is -0.577. The van der Waals surface area contributed by atoms with Crippen LogP contribution in [-0.4, -0.2) is 24.7 Å². The van der Waals surface area contributed by atoms with Gasteiger partial charge in [-0.2, -0.15) is 0 Å². The van der Waals surface area contributed by atoms with Crippen LogP contribution >= 0.6 is 0 Å². The third-order valence-corrected chi connectivity index (χ3v) is 5.11. The average molecular weight is 378 g/mol. The Hall–Kier alpha value is -2.88. The second kappa shape index (κ2) is 8.87. The number of carbonyl (C=O) groups is 1. The van der Waals surface area contributed by atoms with Crippen LogP contribution in [0.2, 0.25) is 0 Å². The molecule has 0 fully saturated rings. The number of amides is 1. The number of allylic oxidation sites excluding steroid dienone is 5. The van der Waals surface area contributed by atoms with E-state index < -0.39 is 5.54 Å². The van der Waals surface area contributed by atoms with Gasteiger partial charge < -0.3 is 10.6 Å². The highest BCUT2D eigenvalue weighted by Gasteiger charge is 2.34. The summed E-state index contributed by atoms with van der Waals surface area (Å²) < 4.78 is 0. The van der Waals surface area contributed by atoms with E-state index in [9.17, 15) is 4.79 Å². The molecule has 1 aliphatic rings. The lowest BCUT2D eigenvalue weighted by molar-refractivity contribution is 0.0923. The SMILES string of the molecule is C=C1Nc2ccc(C)cc2C(=O)N[C@@]1(C)C/C(C)=C/C=C(C)/C(C)=C/C=N\C. The molecule has 2 N–H and O–H groups in total. The van der Waals surface area contributed by atoms with Crippen LogP contribution in [0.4, 0.5) is 5.69 Å². The Kier molecular flexibility index (Phi) is 6.79. The van der Waals surface area contributed by atoms with Crippen molar-refractivity contribution in [2.24, 2.45) is 4.99 Å². The Bertz CT molecular complexity index is 902. The number of benzene rings is 1. The molecule has 148 valence electrons. The first kappa shape index (κ1) is 21.4. The van der Waals surface area contributed by atoms with Crippen molar-refractivity contribution < 1.29 is 4.79 Å². The molecule has 1 heterocycles. The smallest absolute Gasteiger partial charge is 0.254 e. The van der Waals surface area contributed by atoms with Crippen molar-refractivity contribution in [1.82, 2.24) is 5.32 Å². The topological polar surface area (TPSA) is 53.5 Å². The molecule has 0 saturated heterocycles. The van der Waals surface area contributed by atoms with E-state index in [1.165, 1.54) is 11.1 Å². The molecule has 2 rings (SSSR count). The molecule has 1 atom stereocenters. The summed E-state index contributed by atoms with van der Waals surface area (Å²) >= 11 is 0. The van der Waals surface area contributed by atoms with E-state index in [-0.39, 0.29) is 5.91 Å². The maximum atomic E-state index is 12.8. The Labute approximate surface area is 168 Å². The normalized spacial score (nSPS) is 21.3. The number of fused-ring (bicyclic) bond motifs is 1. The summed E-state index contributed by atoms with van der Waals surface area (Å²) in [6.45, 7) is 14.4. The molecule has 0 radical (unpaired) electrons. The summed E-state index contributed by atoms with van der Waals surface area (Å²) in [5, 5.41) is 6.50. The van der Waals surface area contributed by atoms with Gasteiger partial charge >= 0.3 is 0 Å². The van der Waals surface area contributed by atoms with E-state index in [2.05, 4.69) is 55.1 Å². The van der Waals surface area contributed by atoms with Gasteiger partial charge in [0.1, 0.15) is 0 Å². The van der Waals surface area contributed by atoms with E-state index >= 15 is 0 Å².